The number of ether oxygens (including phenoxy) is 1. The van der Waals surface area contributed by atoms with E-state index in [1.54, 1.807) is 0 Å². The fourth-order valence-corrected chi connectivity index (χ4v) is 4.21. The molecule has 0 unspecified atom stereocenters. The number of carboxylic acids is 2. The van der Waals surface area contributed by atoms with E-state index in [4.69, 9.17) is 14.6 Å². The first-order valence-electron chi connectivity index (χ1n) is 10.3. The number of nitrogens with zero attached hydrogens (tertiary/aromatic N) is 2. The van der Waals surface area contributed by atoms with Crippen molar-refractivity contribution in [1.82, 2.24) is 4.98 Å². The highest BCUT2D eigenvalue weighted by atomic mass is 32.2. The maximum atomic E-state index is 12.6. The van der Waals surface area contributed by atoms with E-state index in [1.807, 2.05) is 4.90 Å². The number of pyridine rings is 1. The van der Waals surface area contributed by atoms with Gasteiger partial charge in [-0.3, -0.25) is 4.72 Å². The van der Waals surface area contributed by atoms with Crippen LogP contribution < -0.4 is 14.4 Å². The van der Waals surface area contributed by atoms with Crippen LogP contribution in [0.1, 0.15) is 36.0 Å². The van der Waals surface area contributed by atoms with Crippen LogP contribution >= 0.6 is 0 Å². The summed E-state index contributed by atoms with van der Waals surface area (Å²) in [4.78, 5) is 26.9. The van der Waals surface area contributed by atoms with E-state index in [-0.39, 0.29) is 16.1 Å². The number of halogens is 3. The summed E-state index contributed by atoms with van der Waals surface area (Å²) < 4.78 is 64.3. The molecule has 2 aromatic rings. The van der Waals surface area contributed by atoms with Gasteiger partial charge in [-0.25, -0.2) is 23.0 Å². The van der Waals surface area contributed by atoms with Crippen molar-refractivity contribution in [2.24, 2.45) is 0 Å². The maximum absolute atomic E-state index is 12.6. The first-order valence-corrected chi connectivity index (χ1v) is 11.8. The lowest BCUT2D eigenvalue weighted by Crippen LogP contribution is -2.27. The normalized spacial score (nSPS) is 14.2. The van der Waals surface area contributed by atoms with Gasteiger partial charge in [-0.1, -0.05) is 12.8 Å². The van der Waals surface area contributed by atoms with E-state index < -0.39 is 28.1 Å². The van der Waals surface area contributed by atoms with Gasteiger partial charge < -0.3 is 19.8 Å². The molecule has 3 rings (SSSR count). The fraction of sp³-hybridized carbons (Fsp3) is 0.381. The van der Waals surface area contributed by atoms with Crippen LogP contribution in [-0.4, -0.2) is 61.9 Å². The van der Waals surface area contributed by atoms with E-state index in [0.29, 0.717) is 11.6 Å². The second-order valence-electron chi connectivity index (χ2n) is 7.39. The highest BCUT2D eigenvalue weighted by molar-refractivity contribution is 7.92. The molecule has 1 fully saturated rings. The minimum Gasteiger partial charge on any atom is -0.497 e. The Morgan fingerprint density at radius 3 is 2.06 bits per heavy atom. The highest BCUT2D eigenvalue weighted by Crippen LogP contribution is 2.26. The van der Waals surface area contributed by atoms with Crippen molar-refractivity contribution in [3.8, 4) is 5.75 Å². The molecule has 1 aliphatic heterocycles. The van der Waals surface area contributed by atoms with Crippen LogP contribution in [0.4, 0.5) is 24.7 Å². The number of carboxylic acid groups (broad SMARTS) is 2. The summed E-state index contributed by atoms with van der Waals surface area (Å²) in [6.45, 7) is 1.48. The summed E-state index contributed by atoms with van der Waals surface area (Å²) in [7, 11) is -2.38. The van der Waals surface area contributed by atoms with Gasteiger partial charge in [0.15, 0.2) is 0 Å². The predicted molar refractivity (Wildman–Crippen MR) is 119 cm³/mol. The van der Waals surface area contributed by atoms with Gasteiger partial charge in [-0.05, 0) is 43.2 Å². The molecule has 1 saturated heterocycles. The lowest BCUT2D eigenvalue weighted by Gasteiger charge is -2.23. The Bertz CT molecular complexity index is 1130. The predicted octanol–water partition coefficient (Wildman–Crippen LogP) is 3.60. The number of methoxy groups -OCH3 is 1. The molecule has 1 aromatic carbocycles. The summed E-state index contributed by atoms with van der Waals surface area (Å²) in [5.41, 5.74) is 0.0867. The number of anilines is 2. The Balaban J connectivity index is 0.000000540. The van der Waals surface area contributed by atoms with Crippen LogP contribution in [0.3, 0.4) is 0 Å². The van der Waals surface area contributed by atoms with Crippen LogP contribution in [0.25, 0.3) is 0 Å². The molecule has 0 aliphatic carbocycles. The average molecular weight is 519 g/mol. The molecule has 0 atom stereocenters. The molecule has 0 bridgehead atoms. The fourth-order valence-electron chi connectivity index (χ4n) is 3.17. The van der Waals surface area contributed by atoms with Crippen molar-refractivity contribution in [2.75, 3.05) is 29.8 Å². The minimum atomic E-state index is -5.08. The lowest BCUT2D eigenvalue weighted by molar-refractivity contribution is -0.192. The summed E-state index contributed by atoms with van der Waals surface area (Å²) in [6.07, 6.45) is 0.449. The topological polar surface area (TPSA) is 146 Å². The van der Waals surface area contributed by atoms with E-state index in [2.05, 4.69) is 9.71 Å². The van der Waals surface area contributed by atoms with Crippen molar-refractivity contribution in [1.29, 1.82) is 0 Å². The SMILES string of the molecule is COc1ccc(S(=O)(=O)Nc2cnc(N3CCCCCC3)c(C(=O)O)c2)cc1.O=C(O)C(F)(F)F. The molecule has 1 aromatic heterocycles. The standard InChI is InChI=1S/C19H23N3O5S.C2HF3O2/c1-27-15-6-8-16(9-7-15)28(25,26)21-14-12-17(19(23)24)18(20-13-14)22-10-4-2-3-5-11-22;3-2(4,5)1(6)7/h6-9,12-13,21H,2-5,10-11H2,1H3,(H,23,24);(H,6,7). The molecule has 2 heterocycles. The van der Waals surface area contributed by atoms with Crippen molar-refractivity contribution in [2.45, 2.75) is 36.8 Å². The first kappa shape index (κ1) is 27.7. The number of nitrogens with one attached hydrogen (secondary N) is 1. The van der Waals surface area contributed by atoms with E-state index in [9.17, 15) is 31.5 Å². The molecule has 10 nitrogen and oxygen atoms in total. The quantitative estimate of drug-likeness (QED) is 0.521. The number of hydrogen-bond donors (Lipinski definition) is 3. The second kappa shape index (κ2) is 11.7. The Hall–Kier alpha value is -3.55. The maximum Gasteiger partial charge on any atom is 0.490 e. The van der Waals surface area contributed by atoms with Gasteiger partial charge in [0.2, 0.25) is 0 Å². The third-order valence-corrected chi connectivity index (χ3v) is 6.26. The van der Waals surface area contributed by atoms with Gasteiger partial charge in [0.05, 0.1) is 23.9 Å². The molecule has 0 amide bonds. The van der Waals surface area contributed by atoms with Crippen LogP contribution in [0.2, 0.25) is 0 Å². The van der Waals surface area contributed by atoms with Gasteiger partial charge >= 0.3 is 18.1 Å². The molecular weight excluding hydrogens is 495 g/mol. The number of aromatic carboxylic acids is 1. The number of benzene rings is 1. The molecule has 192 valence electrons. The molecule has 0 spiro atoms. The number of hydrogen-bond acceptors (Lipinski definition) is 7. The Morgan fingerprint density at radius 1 is 1.06 bits per heavy atom. The molecule has 35 heavy (non-hydrogen) atoms. The number of aliphatic carboxylic acids is 1. The second-order valence-corrected chi connectivity index (χ2v) is 9.07. The number of carbonyl (C=O) groups is 2. The lowest BCUT2D eigenvalue weighted by atomic mass is 10.2. The minimum absolute atomic E-state index is 0.0168. The first-order chi connectivity index (χ1) is 16.3. The van der Waals surface area contributed by atoms with Crippen LogP contribution in [0.5, 0.6) is 5.75 Å². The summed E-state index contributed by atoms with van der Waals surface area (Å²) in [5.74, 6) is -2.98. The number of alkyl halides is 3. The molecular formula is C21H24F3N3O7S. The third kappa shape index (κ3) is 8.02. The monoisotopic (exact) mass is 519 g/mol. The van der Waals surface area contributed by atoms with Gasteiger partial charge in [-0.15, -0.1) is 0 Å². The smallest absolute Gasteiger partial charge is 0.490 e. The summed E-state index contributed by atoms with van der Waals surface area (Å²) in [5, 5.41) is 16.7. The molecule has 14 heteroatoms. The zero-order chi connectivity index (χ0) is 26.2. The van der Waals surface area contributed by atoms with Gasteiger partial charge in [-0.2, -0.15) is 13.2 Å². The van der Waals surface area contributed by atoms with Crippen molar-refractivity contribution in [3.63, 3.8) is 0 Å². The Morgan fingerprint density at radius 2 is 1.60 bits per heavy atom. The summed E-state index contributed by atoms with van der Waals surface area (Å²) in [6, 6.07) is 7.23. The third-order valence-electron chi connectivity index (χ3n) is 4.87. The molecule has 3 N–H and O–H groups in total. The summed E-state index contributed by atoms with van der Waals surface area (Å²) >= 11 is 0. The van der Waals surface area contributed by atoms with Gasteiger partial charge in [0.1, 0.15) is 17.1 Å². The number of sulfonamides is 1. The van der Waals surface area contributed by atoms with Crippen molar-refractivity contribution < 1.29 is 46.1 Å². The zero-order valence-electron chi connectivity index (χ0n) is 18.6. The van der Waals surface area contributed by atoms with Crippen LogP contribution in [0.15, 0.2) is 41.4 Å². The Kier molecular flexibility index (Phi) is 9.28. The zero-order valence-corrected chi connectivity index (χ0v) is 19.4. The van der Waals surface area contributed by atoms with E-state index in [1.165, 1.54) is 43.6 Å². The average Bonchev–Trinajstić information content (AvgIpc) is 3.08. The highest BCUT2D eigenvalue weighted by Gasteiger charge is 2.38. The molecule has 1 aliphatic rings. The van der Waals surface area contributed by atoms with Gasteiger partial charge in [0, 0.05) is 13.1 Å². The number of aromatic nitrogens is 1. The van der Waals surface area contributed by atoms with Crippen LogP contribution in [0, 0.1) is 0 Å². The van der Waals surface area contributed by atoms with E-state index >= 15 is 0 Å². The van der Waals surface area contributed by atoms with Crippen molar-refractivity contribution in [3.05, 3.63) is 42.1 Å². The van der Waals surface area contributed by atoms with Crippen molar-refractivity contribution >= 4 is 33.5 Å². The largest absolute Gasteiger partial charge is 0.497 e. The molecule has 0 radical (unpaired) electrons. The molecule has 0 saturated carbocycles. The Labute approximate surface area is 199 Å². The van der Waals surface area contributed by atoms with Gasteiger partial charge in [0.25, 0.3) is 10.0 Å². The van der Waals surface area contributed by atoms with E-state index in [0.717, 1.165) is 38.8 Å². The number of rotatable bonds is 6. The van der Waals surface area contributed by atoms with Crippen LogP contribution in [-0.2, 0) is 14.8 Å².